The van der Waals surface area contributed by atoms with Gasteiger partial charge in [-0.25, -0.2) is 4.98 Å². The van der Waals surface area contributed by atoms with Crippen molar-refractivity contribution in [1.82, 2.24) is 24.9 Å². The zero-order chi connectivity index (χ0) is 21.3. The number of carbonyl (C=O) groups excluding carboxylic acids is 1. The maximum absolute atomic E-state index is 13.4. The highest BCUT2D eigenvalue weighted by Crippen LogP contribution is 2.31. The third kappa shape index (κ3) is 4.43. The minimum atomic E-state index is -1.06. The summed E-state index contributed by atoms with van der Waals surface area (Å²) in [6.45, 7) is 6.36. The largest absolute Gasteiger partial charge is 0.446 e. The molecule has 1 saturated carbocycles. The van der Waals surface area contributed by atoms with Crippen LogP contribution >= 0.6 is 0 Å². The standard InChI is InChI=1S/C22H27N5O3/c1-15-20(22(2,3)29)25-19(30-15)10-13-26(14-16-8-9-16)21(28)17-6-4-5-7-18(17)27-23-11-12-24-27/h4-7,11-12,16,29H,8-10,13-14H2,1-3H3. The Kier molecular flexibility index (Phi) is 5.42. The Labute approximate surface area is 175 Å². The summed E-state index contributed by atoms with van der Waals surface area (Å²) < 4.78 is 5.75. The van der Waals surface area contributed by atoms with Crippen molar-refractivity contribution in [3.63, 3.8) is 0 Å². The number of rotatable bonds is 8. The molecule has 3 aromatic rings. The molecule has 8 heteroatoms. The Bertz CT molecular complexity index is 1020. The SMILES string of the molecule is Cc1oc(CCN(CC2CC2)C(=O)c2ccccc2-n2nccn2)nc1C(C)(C)O. The van der Waals surface area contributed by atoms with Crippen molar-refractivity contribution in [1.29, 1.82) is 0 Å². The van der Waals surface area contributed by atoms with Crippen molar-refractivity contribution in [2.24, 2.45) is 5.92 Å². The summed E-state index contributed by atoms with van der Waals surface area (Å²) in [6, 6.07) is 7.37. The molecule has 1 aromatic carbocycles. The number of aryl methyl sites for hydroxylation is 1. The minimum absolute atomic E-state index is 0.0548. The van der Waals surface area contributed by atoms with E-state index in [0.717, 1.165) is 12.8 Å². The van der Waals surface area contributed by atoms with Gasteiger partial charge in [-0.05, 0) is 51.7 Å². The van der Waals surface area contributed by atoms with E-state index in [1.165, 1.54) is 4.80 Å². The Morgan fingerprint density at radius 3 is 2.60 bits per heavy atom. The number of nitrogens with zero attached hydrogens (tertiary/aromatic N) is 5. The van der Waals surface area contributed by atoms with Crippen LogP contribution in [0, 0.1) is 12.8 Å². The monoisotopic (exact) mass is 409 g/mol. The highest BCUT2D eigenvalue weighted by atomic mass is 16.4. The van der Waals surface area contributed by atoms with E-state index in [2.05, 4.69) is 15.2 Å². The van der Waals surface area contributed by atoms with E-state index in [9.17, 15) is 9.90 Å². The van der Waals surface area contributed by atoms with Crippen molar-refractivity contribution >= 4 is 5.91 Å². The van der Waals surface area contributed by atoms with E-state index in [1.807, 2.05) is 29.2 Å². The molecule has 0 atom stereocenters. The molecule has 1 amide bonds. The second kappa shape index (κ2) is 8.02. The molecule has 0 saturated heterocycles. The van der Waals surface area contributed by atoms with Gasteiger partial charge in [0.25, 0.3) is 5.91 Å². The van der Waals surface area contributed by atoms with Crippen LogP contribution < -0.4 is 0 Å². The number of para-hydroxylation sites is 1. The number of aromatic nitrogens is 4. The molecule has 0 bridgehead atoms. The second-order valence-corrected chi connectivity index (χ2v) is 8.35. The van der Waals surface area contributed by atoms with Gasteiger partial charge in [0, 0.05) is 19.5 Å². The summed E-state index contributed by atoms with van der Waals surface area (Å²) in [7, 11) is 0. The second-order valence-electron chi connectivity index (χ2n) is 8.35. The quantitative estimate of drug-likeness (QED) is 0.614. The first-order valence-corrected chi connectivity index (χ1v) is 10.3. The smallest absolute Gasteiger partial charge is 0.256 e. The molecule has 2 heterocycles. The summed E-state index contributed by atoms with van der Waals surface area (Å²) in [4.78, 5) is 21.2. The van der Waals surface area contributed by atoms with Crippen LogP contribution in [0.2, 0.25) is 0 Å². The molecule has 30 heavy (non-hydrogen) atoms. The molecule has 0 radical (unpaired) electrons. The summed E-state index contributed by atoms with van der Waals surface area (Å²) in [5, 5.41) is 18.6. The maximum atomic E-state index is 13.4. The van der Waals surface area contributed by atoms with Crippen molar-refractivity contribution in [3.05, 3.63) is 59.6 Å². The van der Waals surface area contributed by atoms with E-state index >= 15 is 0 Å². The lowest BCUT2D eigenvalue weighted by atomic mass is 10.0. The van der Waals surface area contributed by atoms with Gasteiger partial charge in [0.2, 0.25) is 0 Å². The molecule has 4 rings (SSSR count). The first-order valence-electron chi connectivity index (χ1n) is 10.3. The summed E-state index contributed by atoms with van der Waals surface area (Å²) in [5.41, 5.74) is 0.692. The van der Waals surface area contributed by atoms with E-state index in [1.54, 1.807) is 33.2 Å². The number of hydrogen-bond donors (Lipinski definition) is 1. The van der Waals surface area contributed by atoms with Gasteiger partial charge in [-0.3, -0.25) is 4.79 Å². The fraction of sp³-hybridized carbons (Fsp3) is 0.455. The van der Waals surface area contributed by atoms with Gasteiger partial charge >= 0.3 is 0 Å². The Hall–Kier alpha value is -3.00. The molecule has 1 fully saturated rings. The topological polar surface area (TPSA) is 97.3 Å². The molecule has 0 spiro atoms. The summed E-state index contributed by atoms with van der Waals surface area (Å²) in [6.07, 6.45) is 5.96. The van der Waals surface area contributed by atoms with Crippen LogP contribution in [-0.2, 0) is 12.0 Å². The number of amides is 1. The minimum Gasteiger partial charge on any atom is -0.446 e. The number of oxazole rings is 1. The van der Waals surface area contributed by atoms with Crippen LogP contribution in [0.3, 0.4) is 0 Å². The van der Waals surface area contributed by atoms with E-state index < -0.39 is 5.60 Å². The molecule has 1 aliphatic rings. The molecule has 0 unspecified atom stereocenters. The average molecular weight is 409 g/mol. The fourth-order valence-corrected chi connectivity index (χ4v) is 3.58. The van der Waals surface area contributed by atoms with Crippen LogP contribution in [0.1, 0.15) is 54.4 Å². The van der Waals surface area contributed by atoms with E-state index in [4.69, 9.17) is 4.42 Å². The number of aliphatic hydroxyl groups is 1. The molecule has 1 N–H and O–H groups in total. The number of hydrogen-bond acceptors (Lipinski definition) is 6. The van der Waals surface area contributed by atoms with Crippen LogP contribution in [0.15, 0.2) is 41.1 Å². The van der Waals surface area contributed by atoms with Gasteiger partial charge in [0.05, 0.1) is 23.6 Å². The highest BCUT2D eigenvalue weighted by molar-refractivity contribution is 5.97. The van der Waals surface area contributed by atoms with Crippen molar-refractivity contribution in [3.8, 4) is 5.69 Å². The van der Waals surface area contributed by atoms with Crippen LogP contribution in [-0.4, -0.2) is 49.0 Å². The third-order valence-electron chi connectivity index (χ3n) is 5.25. The van der Waals surface area contributed by atoms with Gasteiger partial charge in [-0.2, -0.15) is 15.0 Å². The Morgan fingerprint density at radius 1 is 1.27 bits per heavy atom. The maximum Gasteiger partial charge on any atom is 0.256 e. The molecule has 2 aromatic heterocycles. The number of benzene rings is 1. The normalized spacial score (nSPS) is 14.1. The summed E-state index contributed by atoms with van der Waals surface area (Å²) in [5.74, 6) is 1.62. The Morgan fingerprint density at radius 2 is 1.97 bits per heavy atom. The first-order chi connectivity index (χ1) is 14.3. The average Bonchev–Trinajstić information content (AvgIpc) is 3.20. The van der Waals surface area contributed by atoms with Crippen molar-refractivity contribution < 1.29 is 14.3 Å². The van der Waals surface area contributed by atoms with Crippen LogP contribution in [0.4, 0.5) is 0 Å². The van der Waals surface area contributed by atoms with E-state index in [-0.39, 0.29) is 5.91 Å². The lowest BCUT2D eigenvalue weighted by Crippen LogP contribution is -2.35. The van der Waals surface area contributed by atoms with Crippen molar-refractivity contribution in [2.75, 3.05) is 13.1 Å². The van der Waals surface area contributed by atoms with E-state index in [0.29, 0.717) is 54.0 Å². The lowest BCUT2D eigenvalue weighted by Gasteiger charge is -2.23. The fourth-order valence-electron chi connectivity index (χ4n) is 3.58. The zero-order valence-corrected chi connectivity index (χ0v) is 17.6. The molecule has 0 aliphatic heterocycles. The highest BCUT2D eigenvalue weighted by Gasteiger charge is 2.29. The van der Waals surface area contributed by atoms with Crippen LogP contribution in [0.5, 0.6) is 0 Å². The lowest BCUT2D eigenvalue weighted by molar-refractivity contribution is 0.0723. The van der Waals surface area contributed by atoms with Gasteiger partial charge in [0.15, 0.2) is 5.89 Å². The Balaban J connectivity index is 1.55. The first kappa shape index (κ1) is 20.3. The molecular formula is C22H27N5O3. The molecular weight excluding hydrogens is 382 g/mol. The molecule has 1 aliphatic carbocycles. The van der Waals surface area contributed by atoms with Crippen LogP contribution in [0.25, 0.3) is 5.69 Å². The zero-order valence-electron chi connectivity index (χ0n) is 17.6. The molecule has 8 nitrogen and oxygen atoms in total. The predicted octanol–water partition coefficient (Wildman–Crippen LogP) is 2.89. The van der Waals surface area contributed by atoms with Crippen molar-refractivity contribution in [2.45, 2.75) is 45.6 Å². The molecule has 158 valence electrons. The summed E-state index contributed by atoms with van der Waals surface area (Å²) >= 11 is 0. The van der Waals surface area contributed by atoms with Gasteiger partial charge < -0.3 is 14.4 Å². The van der Waals surface area contributed by atoms with Gasteiger partial charge in [0.1, 0.15) is 17.1 Å². The number of carbonyl (C=O) groups is 1. The predicted molar refractivity (Wildman–Crippen MR) is 110 cm³/mol. The van der Waals surface area contributed by atoms with Gasteiger partial charge in [-0.15, -0.1) is 0 Å². The third-order valence-corrected chi connectivity index (χ3v) is 5.25. The van der Waals surface area contributed by atoms with Gasteiger partial charge in [-0.1, -0.05) is 12.1 Å².